The molecule has 0 saturated carbocycles. The Bertz CT molecular complexity index is 679. The fraction of sp³-hybridized carbons (Fsp3) is 0.435. The maximum Gasteiger partial charge on any atom is 0.243 e. The Morgan fingerprint density at radius 3 is 1.93 bits per heavy atom. The van der Waals surface area contributed by atoms with Gasteiger partial charge in [0.15, 0.2) is 0 Å². The van der Waals surface area contributed by atoms with Gasteiger partial charge in [0.1, 0.15) is 6.61 Å². The lowest BCUT2D eigenvalue weighted by molar-refractivity contribution is -0.123. The zero-order valence-corrected chi connectivity index (χ0v) is 16.9. The number of nitrogens with zero attached hydrogens (tertiary/aromatic N) is 2. The number of nitrogens with two attached hydrogens (primary N) is 1. The van der Waals surface area contributed by atoms with Crippen LogP contribution in [0.4, 0.5) is 0 Å². The molecule has 1 heterocycles. The summed E-state index contributed by atoms with van der Waals surface area (Å²) in [5, 5.41) is 0. The van der Waals surface area contributed by atoms with Crippen LogP contribution in [0.1, 0.15) is 17.2 Å². The van der Waals surface area contributed by atoms with E-state index in [1.54, 1.807) is 0 Å². The molecular weight excluding hydrogens is 366 g/mol. The molecule has 1 saturated heterocycles. The molecule has 0 radical (unpaired) electrons. The van der Waals surface area contributed by atoms with Crippen molar-refractivity contribution in [2.24, 2.45) is 5.73 Å². The second-order valence-corrected chi connectivity index (χ2v) is 7.23. The van der Waals surface area contributed by atoms with E-state index < -0.39 is 5.91 Å². The van der Waals surface area contributed by atoms with E-state index in [2.05, 4.69) is 70.5 Å². The van der Waals surface area contributed by atoms with Crippen LogP contribution in [0.5, 0.6) is 0 Å². The van der Waals surface area contributed by atoms with Gasteiger partial charge in [-0.3, -0.25) is 14.6 Å². The molecule has 0 aliphatic carbocycles. The monoisotopic (exact) mass is 397 g/mol. The molecule has 2 aromatic rings. The summed E-state index contributed by atoms with van der Waals surface area (Å²) >= 11 is 0. The van der Waals surface area contributed by atoms with Gasteiger partial charge in [-0.05, 0) is 11.1 Å². The standard InChI is InChI=1S/C23H31N3O3/c24-22(27)19-29-18-17-28-16-15-25-11-13-26(14-12-25)23(20-7-3-1-4-8-20)21-9-5-2-6-10-21/h1-10,23H,11-19H2,(H2,24,27). The van der Waals surface area contributed by atoms with Gasteiger partial charge in [-0.2, -0.15) is 0 Å². The minimum absolute atomic E-state index is 0.0463. The summed E-state index contributed by atoms with van der Waals surface area (Å²) in [5.74, 6) is -0.452. The van der Waals surface area contributed by atoms with Crippen molar-refractivity contribution < 1.29 is 14.3 Å². The second kappa shape index (κ2) is 11.7. The predicted octanol–water partition coefficient (Wildman–Crippen LogP) is 1.91. The Kier molecular flexibility index (Phi) is 8.64. The fourth-order valence-corrected chi connectivity index (χ4v) is 3.72. The van der Waals surface area contributed by atoms with Crippen molar-refractivity contribution in [2.45, 2.75) is 6.04 Å². The molecule has 3 rings (SSSR count). The van der Waals surface area contributed by atoms with E-state index in [4.69, 9.17) is 15.2 Å². The molecule has 0 atom stereocenters. The van der Waals surface area contributed by atoms with Crippen LogP contribution in [0.3, 0.4) is 0 Å². The van der Waals surface area contributed by atoms with Gasteiger partial charge in [0.05, 0.1) is 25.9 Å². The number of piperazine rings is 1. The number of hydrogen-bond acceptors (Lipinski definition) is 5. The van der Waals surface area contributed by atoms with Crippen LogP contribution in [0.25, 0.3) is 0 Å². The van der Waals surface area contributed by atoms with Crippen LogP contribution in [0.2, 0.25) is 0 Å². The van der Waals surface area contributed by atoms with Gasteiger partial charge >= 0.3 is 0 Å². The van der Waals surface area contributed by atoms with E-state index >= 15 is 0 Å². The largest absolute Gasteiger partial charge is 0.378 e. The zero-order chi connectivity index (χ0) is 20.3. The Labute approximate surface area is 173 Å². The van der Waals surface area contributed by atoms with Gasteiger partial charge in [0.2, 0.25) is 5.91 Å². The number of hydrogen-bond donors (Lipinski definition) is 1. The quantitative estimate of drug-likeness (QED) is 0.587. The normalized spacial score (nSPS) is 15.6. The first-order valence-electron chi connectivity index (χ1n) is 10.2. The number of primary amides is 1. The van der Waals surface area contributed by atoms with E-state index in [1.807, 2.05) is 0 Å². The maximum atomic E-state index is 10.6. The Hall–Kier alpha value is -2.25. The number of carbonyl (C=O) groups is 1. The van der Waals surface area contributed by atoms with Crippen LogP contribution in [0.15, 0.2) is 60.7 Å². The molecule has 0 bridgehead atoms. The lowest BCUT2D eigenvalue weighted by atomic mass is 9.96. The summed E-state index contributed by atoms with van der Waals surface area (Å²) in [7, 11) is 0. The molecule has 1 fully saturated rings. The highest BCUT2D eigenvalue weighted by atomic mass is 16.5. The van der Waals surface area contributed by atoms with Crippen LogP contribution in [-0.4, -0.2) is 74.9 Å². The summed E-state index contributed by atoms with van der Waals surface area (Å²) in [6, 6.07) is 21.8. The van der Waals surface area contributed by atoms with Crippen molar-refractivity contribution in [3.05, 3.63) is 71.8 Å². The van der Waals surface area contributed by atoms with Gasteiger partial charge in [0, 0.05) is 32.7 Å². The van der Waals surface area contributed by atoms with Gasteiger partial charge in [0.25, 0.3) is 0 Å². The fourth-order valence-electron chi connectivity index (χ4n) is 3.72. The Morgan fingerprint density at radius 2 is 1.38 bits per heavy atom. The molecule has 1 amide bonds. The van der Waals surface area contributed by atoms with E-state index in [0.717, 1.165) is 32.7 Å². The summed E-state index contributed by atoms with van der Waals surface area (Å²) in [4.78, 5) is 15.6. The van der Waals surface area contributed by atoms with Crippen molar-refractivity contribution in [3.63, 3.8) is 0 Å². The summed E-state index contributed by atoms with van der Waals surface area (Å²) in [5.41, 5.74) is 7.70. The third-order valence-corrected chi connectivity index (χ3v) is 5.17. The van der Waals surface area contributed by atoms with Gasteiger partial charge < -0.3 is 15.2 Å². The topological polar surface area (TPSA) is 68.0 Å². The van der Waals surface area contributed by atoms with Gasteiger partial charge in [-0.15, -0.1) is 0 Å². The highest BCUT2D eigenvalue weighted by Crippen LogP contribution is 2.29. The first-order valence-corrected chi connectivity index (χ1v) is 10.2. The lowest BCUT2D eigenvalue weighted by Crippen LogP contribution is -2.48. The molecular formula is C23H31N3O3. The van der Waals surface area contributed by atoms with Crippen molar-refractivity contribution in [3.8, 4) is 0 Å². The molecule has 0 unspecified atom stereocenters. The molecule has 29 heavy (non-hydrogen) atoms. The SMILES string of the molecule is NC(=O)COCCOCCN1CCN(C(c2ccccc2)c2ccccc2)CC1. The Morgan fingerprint density at radius 1 is 0.828 bits per heavy atom. The highest BCUT2D eigenvalue weighted by molar-refractivity contribution is 5.74. The van der Waals surface area contributed by atoms with Crippen molar-refractivity contribution in [2.75, 3.05) is 59.2 Å². The molecule has 6 nitrogen and oxygen atoms in total. The molecule has 156 valence electrons. The molecule has 2 N–H and O–H groups in total. The summed E-state index contributed by atoms with van der Waals surface area (Å²) in [6.45, 7) is 6.51. The number of benzene rings is 2. The first kappa shape index (κ1) is 21.5. The average molecular weight is 398 g/mol. The minimum atomic E-state index is -0.452. The molecule has 2 aromatic carbocycles. The van der Waals surface area contributed by atoms with E-state index in [9.17, 15) is 4.79 Å². The molecule has 0 aromatic heterocycles. The lowest BCUT2D eigenvalue weighted by Gasteiger charge is -2.39. The number of carbonyl (C=O) groups excluding carboxylic acids is 1. The highest BCUT2D eigenvalue weighted by Gasteiger charge is 2.26. The molecule has 6 heteroatoms. The average Bonchev–Trinajstić information content (AvgIpc) is 2.76. The van der Waals surface area contributed by atoms with E-state index in [1.165, 1.54) is 11.1 Å². The molecule has 1 aliphatic rings. The predicted molar refractivity (Wildman–Crippen MR) is 114 cm³/mol. The molecule has 0 spiro atoms. The summed E-state index contributed by atoms with van der Waals surface area (Å²) < 4.78 is 10.7. The van der Waals surface area contributed by atoms with Crippen LogP contribution >= 0.6 is 0 Å². The number of ether oxygens (including phenoxy) is 2. The van der Waals surface area contributed by atoms with Gasteiger partial charge in [-0.1, -0.05) is 60.7 Å². The molecule has 1 aliphatic heterocycles. The maximum absolute atomic E-state index is 10.6. The minimum Gasteiger partial charge on any atom is -0.378 e. The smallest absolute Gasteiger partial charge is 0.243 e. The van der Waals surface area contributed by atoms with Crippen LogP contribution in [0, 0.1) is 0 Å². The number of rotatable bonds is 11. The third kappa shape index (κ3) is 6.94. The van der Waals surface area contributed by atoms with Crippen molar-refractivity contribution in [1.29, 1.82) is 0 Å². The van der Waals surface area contributed by atoms with Crippen LogP contribution in [-0.2, 0) is 14.3 Å². The summed E-state index contributed by atoms with van der Waals surface area (Å²) in [6.07, 6.45) is 0. The van der Waals surface area contributed by atoms with Crippen molar-refractivity contribution in [1.82, 2.24) is 9.80 Å². The van der Waals surface area contributed by atoms with Gasteiger partial charge in [-0.25, -0.2) is 0 Å². The van der Waals surface area contributed by atoms with E-state index in [-0.39, 0.29) is 6.61 Å². The first-order chi connectivity index (χ1) is 14.2. The number of amides is 1. The zero-order valence-electron chi connectivity index (χ0n) is 16.9. The third-order valence-electron chi connectivity index (χ3n) is 5.17. The van der Waals surface area contributed by atoms with E-state index in [0.29, 0.717) is 25.9 Å². The van der Waals surface area contributed by atoms with Crippen molar-refractivity contribution >= 4 is 5.91 Å². The van der Waals surface area contributed by atoms with Crippen LogP contribution < -0.4 is 5.73 Å². The Balaban J connectivity index is 1.45. The second-order valence-electron chi connectivity index (χ2n) is 7.23.